The summed E-state index contributed by atoms with van der Waals surface area (Å²) >= 11 is 0. The quantitative estimate of drug-likeness (QED) is 0.655. The Bertz CT molecular complexity index is 236. The molecule has 0 amide bonds. The Morgan fingerprint density at radius 3 is 3.08 bits per heavy atom. The number of rotatable bonds is 4. The number of nitrogens with one attached hydrogen (secondary N) is 1. The van der Waals surface area contributed by atoms with Crippen molar-refractivity contribution in [2.75, 3.05) is 7.05 Å². The Labute approximate surface area is 71.8 Å². The number of likely N-dealkylation sites (N-methyl/N-ethyl adjacent to an activating group) is 1. The van der Waals surface area contributed by atoms with Gasteiger partial charge in [-0.15, -0.1) is 0 Å². The topological polar surface area (TPSA) is 42.0 Å². The first kappa shape index (κ1) is 8.87. The minimum absolute atomic E-state index is 0.103. The summed E-state index contributed by atoms with van der Waals surface area (Å²) in [6.07, 6.45) is 5.10. The van der Waals surface area contributed by atoms with E-state index >= 15 is 0 Å². The van der Waals surface area contributed by atoms with Gasteiger partial charge in [0.2, 0.25) is 0 Å². The van der Waals surface area contributed by atoms with Crippen LogP contribution in [0.4, 0.5) is 0 Å². The zero-order valence-electron chi connectivity index (χ0n) is 7.03. The summed E-state index contributed by atoms with van der Waals surface area (Å²) in [5.41, 5.74) is 1.07. The molecular weight excluding hydrogens is 152 g/mol. The highest BCUT2D eigenvalue weighted by molar-refractivity contribution is 5.58. The summed E-state index contributed by atoms with van der Waals surface area (Å²) in [6, 6.07) is 3.72. The molecule has 0 aliphatic rings. The number of nitrogens with zero attached hydrogens (tertiary/aromatic N) is 1. The Morgan fingerprint density at radius 1 is 1.75 bits per heavy atom. The van der Waals surface area contributed by atoms with Crippen molar-refractivity contribution in [3.63, 3.8) is 0 Å². The minimum atomic E-state index is -0.103. The molecule has 0 aliphatic heterocycles. The molecule has 0 aliphatic carbocycles. The van der Waals surface area contributed by atoms with Crippen LogP contribution in [0.2, 0.25) is 0 Å². The van der Waals surface area contributed by atoms with Gasteiger partial charge in [0.15, 0.2) is 0 Å². The van der Waals surface area contributed by atoms with E-state index in [1.807, 2.05) is 12.1 Å². The van der Waals surface area contributed by atoms with Crippen LogP contribution in [-0.2, 0) is 11.2 Å². The maximum atomic E-state index is 10.5. The summed E-state index contributed by atoms with van der Waals surface area (Å²) in [5.74, 6) is 0. The fourth-order valence-corrected chi connectivity index (χ4v) is 0.991. The van der Waals surface area contributed by atoms with Crippen molar-refractivity contribution in [2.24, 2.45) is 0 Å². The van der Waals surface area contributed by atoms with Crippen molar-refractivity contribution in [1.82, 2.24) is 10.3 Å². The molecule has 0 saturated carbocycles. The van der Waals surface area contributed by atoms with Gasteiger partial charge in [-0.25, -0.2) is 0 Å². The molecular formula is C9H12N2O. The van der Waals surface area contributed by atoms with E-state index in [-0.39, 0.29) is 6.04 Å². The van der Waals surface area contributed by atoms with Crippen LogP contribution >= 0.6 is 0 Å². The van der Waals surface area contributed by atoms with Crippen LogP contribution in [0.1, 0.15) is 5.56 Å². The van der Waals surface area contributed by atoms with Gasteiger partial charge in [0.25, 0.3) is 0 Å². The average molecular weight is 164 g/mol. The second kappa shape index (κ2) is 4.62. The Morgan fingerprint density at radius 2 is 2.58 bits per heavy atom. The monoisotopic (exact) mass is 164 g/mol. The second-order valence-corrected chi connectivity index (χ2v) is 2.60. The van der Waals surface area contributed by atoms with Crippen LogP contribution in [-0.4, -0.2) is 24.4 Å². The van der Waals surface area contributed by atoms with E-state index in [2.05, 4.69) is 10.3 Å². The number of hydrogen-bond donors (Lipinski definition) is 1. The molecule has 0 unspecified atom stereocenters. The van der Waals surface area contributed by atoms with Gasteiger partial charge < -0.3 is 10.1 Å². The number of aromatic nitrogens is 1. The summed E-state index contributed by atoms with van der Waals surface area (Å²) in [4.78, 5) is 14.4. The molecule has 0 radical (unpaired) electrons. The molecule has 64 valence electrons. The maximum Gasteiger partial charge on any atom is 0.137 e. The highest BCUT2D eigenvalue weighted by Crippen LogP contribution is 1.98. The highest BCUT2D eigenvalue weighted by atomic mass is 16.1. The molecule has 1 aromatic heterocycles. The number of pyridine rings is 1. The summed E-state index contributed by atoms with van der Waals surface area (Å²) in [5, 5.41) is 2.90. The van der Waals surface area contributed by atoms with Gasteiger partial charge in [-0.3, -0.25) is 4.98 Å². The van der Waals surface area contributed by atoms with Gasteiger partial charge in [0.1, 0.15) is 6.29 Å². The van der Waals surface area contributed by atoms with Crippen molar-refractivity contribution in [3.05, 3.63) is 30.1 Å². The van der Waals surface area contributed by atoms with E-state index < -0.39 is 0 Å². The van der Waals surface area contributed by atoms with Crippen LogP contribution in [0.5, 0.6) is 0 Å². The van der Waals surface area contributed by atoms with E-state index in [0.717, 1.165) is 11.8 Å². The largest absolute Gasteiger partial charge is 0.311 e. The lowest BCUT2D eigenvalue weighted by molar-refractivity contribution is -0.109. The molecule has 0 spiro atoms. The first-order chi connectivity index (χ1) is 5.86. The fraction of sp³-hybridized carbons (Fsp3) is 0.333. The zero-order valence-corrected chi connectivity index (χ0v) is 7.03. The Hall–Kier alpha value is -1.22. The molecule has 3 heteroatoms. The molecule has 0 bridgehead atoms. The predicted octanol–water partition coefficient (Wildman–Crippen LogP) is 0.411. The van der Waals surface area contributed by atoms with Gasteiger partial charge in [-0.2, -0.15) is 0 Å². The summed E-state index contributed by atoms with van der Waals surface area (Å²) < 4.78 is 0. The normalized spacial score (nSPS) is 12.4. The first-order valence-electron chi connectivity index (χ1n) is 3.88. The molecule has 1 atom stereocenters. The summed E-state index contributed by atoms with van der Waals surface area (Å²) in [6.45, 7) is 0. The predicted molar refractivity (Wildman–Crippen MR) is 46.9 cm³/mol. The molecule has 1 heterocycles. The summed E-state index contributed by atoms with van der Waals surface area (Å²) in [7, 11) is 1.77. The second-order valence-electron chi connectivity index (χ2n) is 2.60. The van der Waals surface area contributed by atoms with Gasteiger partial charge >= 0.3 is 0 Å². The third kappa shape index (κ3) is 2.43. The first-order valence-corrected chi connectivity index (χ1v) is 3.88. The molecule has 0 fully saturated rings. The lowest BCUT2D eigenvalue weighted by Gasteiger charge is -2.07. The highest BCUT2D eigenvalue weighted by Gasteiger charge is 2.03. The van der Waals surface area contributed by atoms with Crippen molar-refractivity contribution < 1.29 is 4.79 Å². The number of hydrogen-bond acceptors (Lipinski definition) is 3. The third-order valence-electron chi connectivity index (χ3n) is 1.71. The van der Waals surface area contributed by atoms with E-state index in [4.69, 9.17) is 0 Å². The molecule has 1 N–H and O–H groups in total. The molecule has 3 nitrogen and oxygen atoms in total. The van der Waals surface area contributed by atoms with Crippen molar-refractivity contribution in [2.45, 2.75) is 12.5 Å². The third-order valence-corrected chi connectivity index (χ3v) is 1.71. The van der Waals surface area contributed by atoms with Crippen molar-refractivity contribution >= 4 is 6.29 Å². The van der Waals surface area contributed by atoms with Crippen LogP contribution in [0, 0.1) is 0 Å². The van der Waals surface area contributed by atoms with Crippen molar-refractivity contribution in [3.8, 4) is 0 Å². The molecule has 1 rings (SSSR count). The van der Waals surface area contributed by atoms with Crippen LogP contribution in [0.15, 0.2) is 24.5 Å². The van der Waals surface area contributed by atoms with Gasteiger partial charge in [-0.05, 0) is 25.1 Å². The Kier molecular flexibility index (Phi) is 3.41. The number of carbonyl (C=O) groups is 1. The average Bonchev–Trinajstić information content (AvgIpc) is 2.16. The van der Waals surface area contributed by atoms with Gasteiger partial charge in [0.05, 0.1) is 6.04 Å². The smallest absolute Gasteiger partial charge is 0.137 e. The van der Waals surface area contributed by atoms with E-state index in [1.54, 1.807) is 19.4 Å². The van der Waals surface area contributed by atoms with Crippen LogP contribution in [0.3, 0.4) is 0 Å². The minimum Gasteiger partial charge on any atom is -0.311 e. The molecule has 0 aromatic carbocycles. The van der Waals surface area contributed by atoms with E-state index in [1.165, 1.54) is 0 Å². The van der Waals surface area contributed by atoms with Crippen LogP contribution < -0.4 is 5.32 Å². The number of aldehydes is 1. The number of carbonyl (C=O) groups excluding carboxylic acids is 1. The van der Waals surface area contributed by atoms with E-state index in [9.17, 15) is 4.79 Å². The fourth-order valence-electron chi connectivity index (χ4n) is 0.991. The van der Waals surface area contributed by atoms with Gasteiger partial charge in [0, 0.05) is 12.4 Å². The lowest BCUT2D eigenvalue weighted by Crippen LogP contribution is -2.28. The molecule has 1 aromatic rings. The lowest BCUT2D eigenvalue weighted by atomic mass is 10.1. The zero-order chi connectivity index (χ0) is 8.81. The molecule has 12 heavy (non-hydrogen) atoms. The maximum absolute atomic E-state index is 10.5. The van der Waals surface area contributed by atoms with Crippen LogP contribution in [0.25, 0.3) is 0 Å². The van der Waals surface area contributed by atoms with Crippen molar-refractivity contribution in [1.29, 1.82) is 0 Å². The standard InChI is InChI=1S/C9H12N2O/c1-10-9(7-12)5-8-3-2-4-11-6-8/h2-4,6-7,9-10H,5H2,1H3/t9-/m1/s1. The van der Waals surface area contributed by atoms with E-state index in [0.29, 0.717) is 6.42 Å². The van der Waals surface area contributed by atoms with Gasteiger partial charge in [-0.1, -0.05) is 6.07 Å². The SMILES string of the molecule is CN[C@@H](C=O)Cc1cccnc1. The molecule has 0 saturated heterocycles. The Balaban J connectivity index is 2.56.